The summed E-state index contributed by atoms with van der Waals surface area (Å²) < 4.78 is 4.25. The Bertz CT molecular complexity index is 154. The molecule has 1 rings (SSSR count). The molecule has 0 saturated carbocycles. The third kappa shape index (κ3) is 41.9. The number of benzene rings is 1. The third-order valence-electron chi connectivity index (χ3n) is 0.667. The molecule has 0 heterocycles. The number of rotatable bonds is 0. The largest absolute Gasteiger partial charge is 0.388 e. The van der Waals surface area contributed by atoms with Crippen LogP contribution in [0.5, 0.6) is 0 Å². The van der Waals surface area contributed by atoms with Crippen LogP contribution in [0.15, 0.2) is 48.6 Å². The molecule has 1 aromatic carbocycles. The van der Waals surface area contributed by atoms with Crippen molar-refractivity contribution in [3.8, 4) is 0 Å². The summed E-state index contributed by atoms with van der Waals surface area (Å²) in [6.45, 7) is 7.50. The van der Waals surface area contributed by atoms with E-state index in [2.05, 4.69) is 11.3 Å². The first-order chi connectivity index (χ1) is 6.15. The number of allylic oxidation sites excluding steroid dienone is 1. The molecule has 1 radical (unpaired) electrons. The second kappa shape index (κ2) is 18.3. The van der Waals surface area contributed by atoms with Gasteiger partial charge in [-0.15, -0.1) is 6.58 Å². The molecule has 0 amide bonds. The minimum atomic E-state index is 0. The van der Waals surface area contributed by atoms with Gasteiger partial charge in [0, 0.05) is 32.8 Å². The smallest absolute Gasteiger partial charge is 0.0351 e. The Morgan fingerprint density at radius 1 is 0.857 bits per heavy atom. The maximum atomic E-state index is 4.25. The van der Waals surface area contributed by atoms with Gasteiger partial charge in [0.05, 0.1) is 0 Å². The number of methoxy groups -OCH3 is 1. The standard InChI is InChI=1S/C6H6.C4H8.C2H6O.V/c1-2-4-6-5-3-1;1-4(2)3;1-3-2;/h1-6H;1H2,2-3H3;1-2H3;. The Balaban J connectivity index is -0.000000135. The van der Waals surface area contributed by atoms with E-state index in [4.69, 9.17) is 0 Å². The van der Waals surface area contributed by atoms with E-state index in [0.717, 1.165) is 0 Å². The molecule has 0 fully saturated rings. The molecule has 1 aromatic rings. The van der Waals surface area contributed by atoms with Crippen LogP contribution in [-0.2, 0) is 23.3 Å². The van der Waals surface area contributed by atoms with Crippen LogP contribution < -0.4 is 0 Å². The van der Waals surface area contributed by atoms with Crippen molar-refractivity contribution in [2.75, 3.05) is 14.2 Å². The number of hydrogen-bond donors (Lipinski definition) is 0. The summed E-state index contributed by atoms with van der Waals surface area (Å²) in [6, 6.07) is 12.0. The molecule has 0 N–H and O–H groups in total. The van der Waals surface area contributed by atoms with E-state index in [1.54, 1.807) is 14.2 Å². The van der Waals surface area contributed by atoms with Crippen LogP contribution in [0.2, 0.25) is 0 Å². The summed E-state index contributed by atoms with van der Waals surface area (Å²) in [6.07, 6.45) is 0. The zero-order valence-electron chi connectivity index (χ0n) is 9.53. The van der Waals surface area contributed by atoms with Crippen LogP contribution in [0.1, 0.15) is 13.8 Å². The first-order valence-corrected chi connectivity index (χ1v) is 4.17. The summed E-state index contributed by atoms with van der Waals surface area (Å²) >= 11 is 0. The summed E-state index contributed by atoms with van der Waals surface area (Å²) in [5.41, 5.74) is 1.17. The maximum absolute atomic E-state index is 4.25. The van der Waals surface area contributed by atoms with Crippen molar-refractivity contribution in [2.45, 2.75) is 13.8 Å². The Morgan fingerprint density at radius 3 is 1.00 bits per heavy atom. The SMILES string of the molecule is C=C(C)C.COC.[V].c1ccccc1. The van der Waals surface area contributed by atoms with Gasteiger partial charge in [-0.05, 0) is 13.8 Å². The van der Waals surface area contributed by atoms with Crippen molar-refractivity contribution < 1.29 is 23.3 Å². The van der Waals surface area contributed by atoms with Gasteiger partial charge in [0.25, 0.3) is 0 Å². The quantitative estimate of drug-likeness (QED) is 0.621. The van der Waals surface area contributed by atoms with E-state index in [1.165, 1.54) is 5.57 Å². The summed E-state index contributed by atoms with van der Waals surface area (Å²) in [7, 11) is 3.25. The Hall–Kier alpha value is -0.496. The minimum absolute atomic E-state index is 0. The summed E-state index contributed by atoms with van der Waals surface area (Å²) in [4.78, 5) is 0. The number of ether oxygens (including phenoxy) is 1. The molecule has 0 aromatic heterocycles. The molecule has 0 atom stereocenters. The van der Waals surface area contributed by atoms with Crippen LogP contribution in [-0.4, -0.2) is 14.2 Å². The first-order valence-electron chi connectivity index (χ1n) is 4.17. The molecule has 79 valence electrons. The monoisotopic (exact) mass is 231 g/mol. The average molecular weight is 231 g/mol. The van der Waals surface area contributed by atoms with Crippen molar-refractivity contribution in [3.63, 3.8) is 0 Å². The van der Waals surface area contributed by atoms with Gasteiger partial charge in [-0.2, -0.15) is 0 Å². The van der Waals surface area contributed by atoms with E-state index < -0.39 is 0 Å². The van der Waals surface area contributed by atoms with Gasteiger partial charge < -0.3 is 4.74 Å². The van der Waals surface area contributed by atoms with Crippen LogP contribution in [0.4, 0.5) is 0 Å². The van der Waals surface area contributed by atoms with E-state index in [-0.39, 0.29) is 18.6 Å². The first kappa shape index (κ1) is 19.1. The maximum Gasteiger partial charge on any atom is 0.0351 e. The molecule has 2 heteroatoms. The predicted molar refractivity (Wildman–Crippen MR) is 59.9 cm³/mol. The third-order valence-corrected chi connectivity index (χ3v) is 0.667. The van der Waals surface area contributed by atoms with Crippen LogP contribution in [0.3, 0.4) is 0 Å². The summed E-state index contributed by atoms with van der Waals surface area (Å²) in [5.74, 6) is 0. The molecule has 0 bridgehead atoms. The van der Waals surface area contributed by atoms with Gasteiger partial charge in [-0.25, -0.2) is 0 Å². The van der Waals surface area contributed by atoms with Gasteiger partial charge in [0.1, 0.15) is 0 Å². The van der Waals surface area contributed by atoms with Crippen molar-refractivity contribution in [1.29, 1.82) is 0 Å². The Morgan fingerprint density at radius 2 is 0.929 bits per heavy atom. The molecular formula is C12H20OV. The summed E-state index contributed by atoms with van der Waals surface area (Å²) in [5, 5.41) is 0. The van der Waals surface area contributed by atoms with E-state index in [9.17, 15) is 0 Å². The average Bonchev–Trinajstić information content (AvgIpc) is 2.08. The van der Waals surface area contributed by atoms with Crippen molar-refractivity contribution in [3.05, 3.63) is 48.6 Å². The van der Waals surface area contributed by atoms with Crippen molar-refractivity contribution in [2.24, 2.45) is 0 Å². The minimum Gasteiger partial charge on any atom is -0.388 e. The predicted octanol–water partition coefficient (Wildman–Crippen LogP) is 3.53. The van der Waals surface area contributed by atoms with Crippen LogP contribution in [0, 0.1) is 0 Å². The topological polar surface area (TPSA) is 9.23 Å². The van der Waals surface area contributed by atoms with Crippen molar-refractivity contribution >= 4 is 0 Å². The second-order valence-electron chi connectivity index (χ2n) is 2.77. The zero-order chi connectivity index (χ0) is 10.5. The normalized spacial score (nSPS) is 6.57. The van der Waals surface area contributed by atoms with Gasteiger partial charge in [-0.3, -0.25) is 0 Å². The van der Waals surface area contributed by atoms with E-state index in [0.29, 0.717) is 0 Å². The van der Waals surface area contributed by atoms with Gasteiger partial charge in [0.2, 0.25) is 0 Å². The van der Waals surface area contributed by atoms with Gasteiger partial charge in [0.15, 0.2) is 0 Å². The van der Waals surface area contributed by atoms with Gasteiger partial charge >= 0.3 is 0 Å². The molecular weight excluding hydrogens is 211 g/mol. The number of hydrogen-bond acceptors (Lipinski definition) is 1. The molecule has 14 heavy (non-hydrogen) atoms. The fraction of sp³-hybridized carbons (Fsp3) is 0.333. The molecule has 0 aliphatic carbocycles. The Kier molecular flexibility index (Phi) is 25.0. The molecule has 0 saturated heterocycles. The van der Waals surface area contributed by atoms with Gasteiger partial charge in [-0.1, -0.05) is 42.0 Å². The second-order valence-corrected chi connectivity index (χ2v) is 2.77. The fourth-order valence-corrected chi connectivity index (χ4v) is 0.385. The molecule has 0 aliphatic heterocycles. The van der Waals surface area contributed by atoms with E-state index in [1.807, 2.05) is 50.2 Å². The molecule has 0 spiro atoms. The van der Waals surface area contributed by atoms with Crippen LogP contribution >= 0.6 is 0 Å². The zero-order valence-corrected chi connectivity index (χ0v) is 10.9. The molecule has 1 nitrogen and oxygen atoms in total. The molecule has 0 unspecified atom stereocenters. The van der Waals surface area contributed by atoms with Crippen LogP contribution in [0.25, 0.3) is 0 Å². The Labute approximate surface area is 100 Å². The van der Waals surface area contributed by atoms with Crippen molar-refractivity contribution in [1.82, 2.24) is 0 Å². The van der Waals surface area contributed by atoms with E-state index >= 15 is 0 Å². The fourth-order valence-electron chi connectivity index (χ4n) is 0.385. The molecule has 0 aliphatic rings.